The smallest absolute Gasteiger partial charge is 0.341 e. The van der Waals surface area contributed by atoms with E-state index in [1.54, 1.807) is 0 Å². The van der Waals surface area contributed by atoms with Gasteiger partial charge in [-0.25, -0.2) is 4.79 Å². The summed E-state index contributed by atoms with van der Waals surface area (Å²) >= 11 is 2.65. The lowest BCUT2D eigenvalue weighted by molar-refractivity contribution is -0.113. The van der Waals surface area contributed by atoms with Crippen LogP contribution in [0, 0.1) is 6.92 Å². The number of nitrogens with zero attached hydrogens (tertiary/aromatic N) is 3. The first-order valence-electron chi connectivity index (χ1n) is 11.4. The topological polar surface area (TPSA) is 95.3 Å². The SMILES string of the molecule is CCc1c(C)sc(NC(=O)CSc2nnc(C(C)Oc3ccc(C(C)C)cc3)n2C)c1C(=O)OC. The Kier molecular flexibility index (Phi) is 8.96. The number of esters is 1. The van der Waals surface area contributed by atoms with Crippen molar-refractivity contribution in [2.45, 2.75) is 58.2 Å². The molecule has 3 aromatic rings. The molecular weight excluding hydrogens is 484 g/mol. The van der Waals surface area contributed by atoms with E-state index in [0.29, 0.717) is 33.9 Å². The number of carbonyl (C=O) groups excluding carboxylic acids is 2. The Balaban J connectivity index is 1.63. The van der Waals surface area contributed by atoms with Crippen LogP contribution in [0.15, 0.2) is 29.4 Å². The third kappa shape index (κ3) is 6.24. The molecule has 3 rings (SSSR count). The predicted molar refractivity (Wildman–Crippen MR) is 140 cm³/mol. The number of anilines is 1. The molecule has 0 radical (unpaired) electrons. The van der Waals surface area contributed by atoms with Gasteiger partial charge in [0.1, 0.15) is 10.8 Å². The molecular formula is C25H32N4O4S2. The van der Waals surface area contributed by atoms with Crippen molar-refractivity contribution in [2.24, 2.45) is 7.05 Å². The van der Waals surface area contributed by atoms with Crippen LogP contribution >= 0.6 is 23.1 Å². The Morgan fingerprint density at radius 3 is 2.46 bits per heavy atom. The van der Waals surface area contributed by atoms with Gasteiger partial charge in [-0.3, -0.25) is 4.79 Å². The number of ether oxygens (including phenoxy) is 2. The molecule has 1 aromatic carbocycles. The van der Waals surface area contributed by atoms with Crippen LogP contribution in [0.4, 0.5) is 5.00 Å². The molecule has 1 N–H and O–H groups in total. The summed E-state index contributed by atoms with van der Waals surface area (Å²) in [5, 5.41) is 12.5. The Hall–Kier alpha value is -2.85. The Labute approximate surface area is 214 Å². The van der Waals surface area contributed by atoms with Gasteiger partial charge in [0.15, 0.2) is 17.1 Å². The number of amides is 1. The summed E-state index contributed by atoms with van der Waals surface area (Å²) in [6.07, 6.45) is 0.367. The maximum atomic E-state index is 12.7. The van der Waals surface area contributed by atoms with Crippen LogP contribution in [0.1, 0.15) is 71.9 Å². The number of thioether (sulfide) groups is 1. The van der Waals surface area contributed by atoms with E-state index in [1.807, 2.05) is 44.5 Å². The third-order valence-electron chi connectivity index (χ3n) is 5.63. The van der Waals surface area contributed by atoms with E-state index in [1.165, 1.54) is 35.8 Å². The van der Waals surface area contributed by atoms with Gasteiger partial charge in [0.05, 0.1) is 18.4 Å². The zero-order chi connectivity index (χ0) is 25.7. The number of thiophene rings is 1. The molecule has 0 aliphatic heterocycles. The minimum Gasteiger partial charge on any atom is -0.483 e. The van der Waals surface area contributed by atoms with Crippen LogP contribution in [0.3, 0.4) is 0 Å². The molecule has 35 heavy (non-hydrogen) atoms. The highest BCUT2D eigenvalue weighted by molar-refractivity contribution is 7.99. The van der Waals surface area contributed by atoms with Gasteiger partial charge in [-0.2, -0.15) is 0 Å². The summed E-state index contributed by atoms with van der Waals surface area (Å²) in [5.41, 5.74) is 2.59. The Bertz CT molecular complexity index is 1190. The van der Waals surface area contributed by atoms with Crippen molar-refractivity contribution in [1.82, 2.24) is 14.8 Å². The monoisotopic (exact) mass is 516 g/mol. The molecule has 0 saturated heterocycles. The van der Waals surface area contributed by atoms with E-state index in [4.69, 9.17) is 9.47 Å². The lowest BCUT2D eigenvalue weighted by Crippen LogP contribution is -2.16. The molecule has 0 saturated carbocycles. The lowest BCUT2D eigenvalue weighted by Gasteiger charge is -2.15. The van der Waals surface area contributed by atoms with Gasteiger partial charge in [0.25, 0.3) is 0 Å². The number of aromatic nitrogens is 3. The number of carbonyl (C=O) groups is 2. The minimum absolute atomic E-state index is 0.122. The molecule has 1 amide bonds. The fraction of sp³-hybridized carbons (Fsp3) is 0.440. The van der Waals surface area contributed by atoms with Crippen molar-refractivity contribution in [3.05, 3.63) is 51.7 Å². The van der Waals surface area contributed by atoms with E-state index in [2.05, 4.69) is 41.5 Å². The van der Waals surface area contributed by atoms with Crippen LogP contribution in [-0.2, 0) is 23.0 Å². The quantitative estimate of drug-likeness (QED) is 0.280. The minimum atomic E-state index is -0.445. The van der Waals surface area contributed by atoms with E-state index in [9.17, 15) is 9.59 Å². The summed E-state index contributed by atoms with van der Waals surface area (Å²) in [7, 11) is 3.19. The number of methoxy groups -OCH3 is 1. The number of rotatable bonds is 10. The summed E-state index contributed by atoms with van der Waals surface area (Å²) in [6, 6.07) is 8.04. The third-order valence-corrected chi connectivity index (χ3v) is 7.71. The number of hydrogen-bond donors (Lipinski definition) is 1. The second kappa shape index (κ2) is 11.7. The normalized spacial score (nSPS) is 12.0. The van der Waals surface area contributed by atoms with Gasteiger partial charge in [-0.15, -0.1) is 21.5 Å². The average molecular weight is 517 g/mol. The number of aryl methyl sites for hydroxylation is 1. The maximum Gasteiger partial charge on any atom is 0.341 e. The van der Waals surface area contributed by atoms with Crippen LogP contribution in [0.5, 0.6) is 5.75 Å². The van der Waals surface area contributed by atoms with Crippen molar-refractivity contribution in [3.63, 3.8) is 0 Å². The van der Waals surface area contributed by atoms with Crippen molar-refractivity contribution >= 4 is 40.0 Å². The first kappa shape index (κ1) is 26.7. The highest BCUT2D eigenvalue weighted by Gasteiger charge is 2.24. The highest BCUT2D eigenvalue weighted by Crippen LogP contribution is 2.34. The molecule has 0 spiro atoms. The number of hydrogen-bond acceptors (Lipinski definition) is 8. The zero-order valence-electron chi connectivity index (χ0n) is 21.2. The summed E-state index contributed by atoms with van der Waals surface area (Å²) in [5.74, 6) is 1.33. The predicted octanol–water partition coefficient (Wildman–Crippen LogP) is 5.53. The molecule has 2 aromatic heterocycles. The van der Waals surface area contributed by atoms with Crippen molar-refractivity contribution in [2.75, 3.05) is 18.2 Å². The van der Waals surface area contributed by atoms with Gasteiger partial charge >= 0.3 is 5.97 Å². The largest absolute Gasteiger partial charge is 0.483 e. The first-order valence-corrected chi connectivity index (χ1v) is 13.3. The van der Waals surface area contributed by atoms with Crippen molar-refractivity contribution in [1.29, 1.82) is 0 Å². The summed E-state index contributed by atoms with van der Waals surface area (Å²) in [6.45, 7) is 10.1. The van der Waals surface area contributed by atoms with Crippen LogP contribution in [-0.4, -0.2) is 39.5 Å². The lowest BCUT2D eigenvalue weighted by atomic mass is 10.0. The van der Waals surface area contributed by atoms with Gasteiger partial charge in [0.2, 0.25) is 5.91 Å². The highest BCUT2D eigenvalue weighted by atomic mass is 32.2. The van der Waals surface area contributed by atoms with Gasteiger partial charge in [-0.1, -0.05) is 44.7 Å². The first-order chi connectivity index (χ1) is 16.7. The molecule has 8 nitrogen and oxygen atoms in total. The molecule has 0 aliphatic carbocycles. The standard InChI is InChI=1S/C25H32N4O4S2/c1-8-19-16(5)35-23(21(19)24(31)32-7)26-20(30)13-34-25-28-27-22(29(25)6)15(4)33-18-11-9-17(10-12-18)14(2)3/h9-12,14-15H,8,13H2,1-7H3,(H,26,30). The zero-order valence-corrected chi connectivity index (χ0v) is 22.8. The Morgan fingerprint density at radius 1 is 1.17 bits per heavy atom. The van der Waals surface area contributed by atoms with Crippen molar-refractivity contribution < 1.29 is 19.1 Å². The molecule has 10 heteroatoms. The van der Waals surface area contributed by atoms with Crippen LogP contribution in [0.25, 0.3) is 0 Å². The molecule has 188 valence electrons. The van der Waals surface area contributed by atoms with Crippen molar-refractivity contribution in [3.8, 4) is 5.75 Å². The second-order valence-corrected chi connectivity index (χ2v) is 10.6. The van der Waals surface area contributed by atoms with Crippen LogP contribution in [0.2, 0.25) is 0 Å². The summed E-state index contributed by atoms with van der Waals surface area (Å²) in [4.78, 5) is 25.9. The molecule has 0 bridgehead atoms. The van der Waals surface area contributed by atoms with E-state index in [0.717, 1.165) is 16.2 Å². The fourth-order valence-electron chi connectivity index (χ4n) is 3.70. The van der Waals surface area contributed by atoms with Gasteiger partial charge in [-0.05, 0) is 49.4 Å². The molecule has 1 atom stereocenters. The van der Waals surface area contributed by atoms with E-state index in [-0.39, 0.29) is 17.8 Å². The fourth-order valence-corrected chi connectivity index (χ4v) is 5.56. The average Bonchev–Trinajstić information content (AvgIpc) is 3.35. The Morgan fingerprint density at radius 2 is 1.86 bits per heavy atom. The van der Waals surface area contributed by atoms with Gasteiger partial charge < -0.3 is 19.4 Å². The number of benzene rings is 1. The molecule has 2 heterocycles. The maximum absolute atomic E-state index is 12.7. The molecule has 1 unspecified atom stereocenters. The number of nitrogens with one attached hydrogen (secondary N) is 1. The molecule has 0 aliphatic rings. The van der Waals surface area contributed by atoms with E-state index >= 15 is 0 Å². The second-order valence-electron chi connectivity index (χ2n) is 8.41. The van der Waals surface area contributed by atoms with Crippen LogP contribution < -0.4 is 10.1 Å². The van der Waals surface area contributed by atoms with E-state index < -0.39 is 5.97 Å². The van der Waals surface area contributed by atoms with Gasteiger partial charge in [0, 0.05) is 11.9 Å². The summed E-state index contributed by atoms with van der Waals surface area (Å²) < 4.78 is 12.8. The molecule has 0 fully saturated rings.